The summed E-state index contributed by atoms with van der Waals surface area (Å²) in [6, 6.07) is 2.92. The van der Waals surface area contributed by atoms with Gasteiger partial charge in [-0.25, -0.2) is 15.2 Å². The fourth-order valence-electron chi connectivity index (χ4n) is 2.72. The molecular formula is C17H23N5O4. The Hall–Kier alpha value is -2.81. The van der Waals surface area contributed by atoms with E-state index < -0.39 is 17.7 Å². The topological polar surface area (TPSA) is 123 Å². The molecule has 26 heavy (non-hydrogen) atoms. The zero-order valence-electron chi connectivity index (χ0n) is 15.0. The number of anilines is 1. The van der Waals surface area contributed by atoms with Crippen molar-refractivity contribution in [3.63, 3.8) is 0 Å². The molecule has 140 valence electrons. The number of carbonyl (C=O) groups excluding carboxylic acids is 2. The van der Waals surface area contributed by atoms with E-state index in [0.29, 0.717) is 36.7 Å². The number of amides is 2. The highest BCUT2D eigenvalue weighted by Gasteiger charge is 2.34. The lowest BCUT2D eigenvalue weighted by molar-refractivity contribution is -0.132. The normalized spacial score (nSPS) is 17.7. The molecular weight excluding hydrogens is 338 g/mol. The molecule has 0 aromatic carbocycles. The summed E-state index contributed by atoms with van der Waals surface area (Å²) in [6.45, 7) is 6.10. The number of hydrazine groups is 1. The first-order chi connectivity index (χ1) is 12.2. The Labute approximate surface area is 150 Å². The van der Waals surface area contributed by atoms with Crippen LogP contribution in [-0.2, 0) is 16.1 Å². The summed E-state index contributed by atoms with van der Waals surface area (Å²) < 4.78 is 10.9. The smallest absolute Gasteiger partial charge is 0.408 e. The molecule has 1 saturated heterocycles. The van der Waals surface area contributed by atoms with Gasteiger partial charge in [-0.05, 0) is 39.3 Å². The van der Waals surface area contributed by atoms with Gasteiger partial charge in [0.25, 0.3) is 5.91 Å². The summed E-state index contributed by atoms with van der Waals surface area (Å²) in [5.74, 6) is 0.820. The minimum Gasteiger partial charge on any atom is -0.459 e. The number of nitrogen functional groups attached to an aromatic ring is 1. The number of rotatable bonds is 4. The molecule has 0 bridgehead atoms. The number of fused-ring (bicyclic) bond motifs is 1. The third kappa shape index (κ3) is 4.05. The molecule has 2 aromatic heterocycles. The number of carbonyl (C=O) groups is 2. The van der Waals surface area contributed by atoms with Gasteiger partial charge in [-0.15, -0.1) is 0 Å². The molecule has 0 aliphatic carbocycles. The molecule has 1 atom stereocenters. The number of nitrogens with one attached hydrogen (secondary N) is 2. The van der Waals surface area contributed by atoms with E-state index in [1.807, 2.05) is 0 Å². The fourth-order valence-corrected chi connectivity index (χ4v) is 2.72. The Morgan fingerprint density at radius 3 is 2.96 bits per heavy atom. The lowest BCUT2D eigenvalue weighted by Crippen LogP contribution is -2.46. The standard InChI is InChI=1S/C17H23N5O4/c1-17(2,3)26-16(24)21-12-5-7-22(15(12)23)20-9-10-8-11-13(25-10)4-6-19-14(11)18/h4,6,8,12,20H,5,7,9H2,1-3H3,(H2,18,19)(H,21,24)/t12-/m0/s1. The maximum Gasteiger partial charge on any atom is 0.408 e. The van der Waals surface area contributed by atoms with Crippen LogP contribution in [0.2, 0.25) is 0 Å². The first-order valence-corrected chi connectivity index (χ1v) is 8.40. The predicted molar refractivity (Wildman–Crippen MR) is 94.7 cm³/mol. The molecule has 3 heterocycles. The summed E-state index contributed by atoms with van der Waals surface area (Å²) in [5.41, 5.74) is 8.86. The number of nitrogens with two attached hydrogens (primary N) is 1. The van der Waals surface area contributed by atoms with Crippen LogP contribution in [-0.4, -0.2) is 40.2 Å². The van der Waals surface area contributed by atoms with Gasteiger partial charge in [0.1, 0.15) is 28.8 Å². The number of aromatic nitrogens is 1. The Morgan fingerprint density at radius 2 is 2.27 bits per heavy atom. The van der Waals surface area contributed by atoms with Gasteiger partial charge in [0, 0.05) is 12.7 Å². The van der Waals surface area contributed by atoms with Crippen LogP contribution in [0.15, 0.2) is 22.7 Å². The second-order valence-electron chi connectivity index (χ2n) is 7.13. The maximum absolute atomic E-state index is 12.4. The third-order valence-corrected chi connectivity index (χ3v) is 3.87. The Balaban J connectivity index is 1.55. The summed E-state index contributed by atoms with van der Waals surface area (Å²) in [7, 11) is 0. The number of hydrogen-bond acceptors (Lipinski definition) is 7. The van der Waals surface area contributed by atoms with Gasteiger partial charge >= 0.3 is 6.09 Å². The quantitative estimate of drug-likeness (QED) is 0.755. The highest BCUT2D eigenvalue weighted by Crippen LogP contribution is 2.23. The van der Waals surface area contributed by atoms with Crippen LogP contribution < -0.4 is 16.5 Å². The van der Waals surface area contributed by atoms with Crippen molar-refractivity contribution in [2.24, 2.45) is 0 Å². The highest BCUT2D eigenvalue weighted by atomic mass is 16.6. The van der Waals surface area contributed by atoms with Crippen molar-refractivity contribution in [3.8, 4) is 0 Å². The largest absolute Gasteiger partial charge is 0.459 e. The molecule has 1 aliphatic heterocycles. The first-order valence-electron chi connectivity index (χ1n) is 8.40. The van der Waals surface area contributed by atoms with Gasteiger partial charge in [0.05, 0.1) is 11.9 Å². The lowest BCUT2D eigenvalue weighted by Gasteiger charge is -2.21. The summed E-state index contributed by atoms with van der Waals surface area (Å²) >= 11 is 0. The number of nitrogens with zero attached hydrogens (tertiary/aromatic N) is 2. The van der Waals surface area contributed by atoms with Crippen LogP contribution in [0.5, 0.6) is 0 Å². The highest BCUT2D eigenvalue weighted by molar-refractivity contribution is 5.88. The summed E-state index contributed by atoms with van der Waals surface area (Å²) in [6.07, 6.45) is 1.48. The van der Waals surface area contributed by atoms with E-state index >= 15 is 0 Å². The molecule has 4 N–H and O–H groups in total. The SMILES string of the molecule is CC(C)(C)OC(=O)N[C@H]1CCN(NCc2cc3c(N)nccc3o2)C1=O. The van der Waals surface area contributed by atoms with Crippen molar-refractivity contribution in [1.29, 1.82) is 0 Å². The number of ether oxygens (including phenoxy) is 1. The molecule has 0 radical (unpaired) electrons. The van der Waals surface area contributed by atoms with Gasteiger partial charge in [-0.2, -0.15) is 0 Å². The molecule has 1 fully saturated rings. The minimum atomic E-state index is -0.609. The molecule has 9 nitrogen and oxygen atoms in total. The lowest BCUT2D eigenvalue weighted by atomic mass is 10.2. The third-order valence-electron chi connectivity index (χ3n) is 3.87. The van der Waals surface area contributed by atoms with Crippen molar-refractivity contribution in [3.05, 3.63) is 24.1 Å². The fraction of sp³-hybridized carbons (Fsp3) is 0.471. The van der Waals surface area contributed by atoms with E-state index in [0.717, 1.165) is 5.39 Å². The van der Waals surface area contributed by atoms with Crippen molar-refractivity contribution < 1.29 is 18.7 Å². The van der Waals surface area contributed by atoms with E-state index in [1.54, 1.807) is 39.1 Å². The molecule has 3 rings (SSSR count). The molecule has 1 aliphatic rings. The second-order valence-corrected chi connectivity index (χ2v) is 7.13. The second kappa shape index (κ2) is 6.83. The number of pyridine rings is 1. The zero-order valence-corrected chi connectivity index (χ0v) is 15.0. The van der Waals surface area contributed by atoms with E-state index in [-0.39, 0.29) is 5.91 Å². The van der Waals surface area contributed by atoms with E-state index in [9.17, 15) is 9.59 Å². The van der Waals surface area contributed by atoms with Crippen LogP contribution >= 0.6 is 0 Å². The van der Waals surface area contributed by atoms with Crippen molar-refractivity contribution in [1.82, 2.24) is 20.7 Å². The maximum atomic E-state index is 12.4. The first kappa shape index (κ1) is 18.0. The van der Waals surface area contributed by atoms with Crippen LogP contribution in [0, 0.1) is 0 Å². The number of alkyl carbamates (subject to hydrolysis) is 1. The van der Waals surface area contributed by atoms with E-state index in [2.05, 4.69) is 15.7 Å². The van der Waals surface area contributed by atoms with Crippen LogP contribution in [0.4, 0.5) is 10.6 Å². The molecule has 2 amide bonds. The van der Waals surface area contributed by atoms with Crippen LogP contribution in [0.3, 0.4) is 0 Å². The van der Waals surface area contributed by atoms with Gasteiger partial charge in [0.2, 0.25) is 0 Å². The molecule has 0 spiro atoms. The molecule has 2 aromatic rings. The van der Waals surface area contributed by atoms with Crippen molar-refractivity contribution >= 4 is 28.8 Å². The predicted octanol–water partition coefficient (Wildman–Crippen LogP) is 1.54. The molecule has 0 unspecified atom stereocenters. The van der Waals surface area contributed by atoms with Crippen molar-refractivity contribution in [2.75, 3.05) is 12.3 Å². The van der Waals surface area contributed by atoms with Crippen molar-refractivity contribution in [2.45, 2.75) is 45.4 Å². The Bertz CT molecular complexity index is 826. The average Bonchev–Trinajstić information content (AvgIpc) is 3.09. The zero-order chi connectivity index (χ0) is 18.9. The molecule has 0 saturated carbocycles. The molecule has 9 heteroatoms. The summed E-state index contributed by atoms with van der Waals surface area (Å²) in [5, 5.41) is 4.81. The number of hydrogen-bond donors (Lipinski definition) is 3. The van der Waals surface area contributed by atoms with E-state index in [1.165, 1.54) is 5.01 Å². The van der Waals surface area contributed by atoms with Gasteiger partial charge in [-0.1, -0.05) is 0 Å². The van der Waals surface area contributed by atoms with Crippen LogP contribution in [0.1, 0.15) is 33.0 Å². The van der Waals surface area contributed by atoms with Crippen LogP contribution in [0.25, 0.3) is 11.0 Å². The monoisotopic (exact) mass is 361 g/mol. The average molecular weight is 361 g/mol. The minimum absolute atomic E-state index is 0.215. The Morgan fingerprint density at radius 1 is 1.50 bits per heavy atom. The van der Waals surface area contributed by atoms with Gasteiger partial charge < -0.3 is 20.2 Å². The number of furan rings is 1. The van der Waals surface area contributed by atoms with Gasteiger partial charge in [0.15, 0.2) is 0 Å². The summed E-state index contributed by atoms with van der Waals surface area (Å²) in [4.78, 5) is 28.2. The Kier molecular flexibility index (Phi) is 4.73. The van der Waals surface area contributed by atoms with E-state index in [4.69, 9.17) is 14.9 Å². The van der Waals surface area contributed by atoms with Gasteiger partial charge in [-0.3, -0.25) is 9.80 Å².